The predicted octanol–water partition coefficient (Wildman–Crippen LogP) is 4.79. The Morgan fingerprint density at radius 2 is 1.26 bits per heavy atom. The highest BCUT2D eigenvalue weighted by Gasteiger charge is 2.23. The Balaban J connectivity index is 0.000000211. The molecule has 0 atom stereocenters. The summed E-state index contributed by atoms with van der Waals surface area (Å²) in [5.74, 6) is 0. The number of rotatable bonds is 5. The fourth-order valence-corrected chi connectivity index (χ4v) is 4.50. The van der Waals surface area contributed by atoms with Gasteiger partial charge in [-0.2, -0.15) is 0 Å². The van der Waals surface area contributed by atoms with Crippen LogP contribution in [0.25, 0.3) is 0 Å². The number of hydrogen-bond donors (Lipinski definition) is 2. The number of piperidine rings is 2. The van der Waals surface area contributed by atoms with Gasteiger partial charge in [0.2, 0.25) is 0 Å². The summed E-state index contributed by atoms with van der Waals surface area (Å²) in [7, 11) is 0. The molecule has 0 aliphatic carbocycles. The first-order valence-electron chi connectivity index (χ1n) is 13.0. The molecule has 2 aliphatic rings. The summed E-state index contributed by atoms with van der Waals surface area (Å²) in [4.78, 5) is 16.7. The molecule has 2 heterocycles. The Morgan fingerprint density at radius 3 is 1.69 bits per heavy atom. The fourth-order valence-electron chi connectivity index (χ4n) is 4.50. The second-order valence-corrected chi connectivity index (χ2v) is 10.8. The minimum Gasteiger partial charge on any atom is -0.444 e. The van der Waals surface area contributed by atoms with E-state index in [9.17, 15) is 4.79 Å². The molecular weight excluding hydrogens is 436 g/mol. The second kappa shape index (κ2) is 13.6. The van der Waals surface area contributed by atoms with Crippen molar-refractivity contribution in [1.82, 2.24) is 15.1 Å². The van der Waals surface area contributed by atoms with Gasteiger partial charge in [0.1, 0.15) is 5.60 Å². The van der Waals surface area contributed by atoms with E-state index in [0.29, 0.717) is 6.04 Å². The van der Waals surface area contributed by atoms with Crippen LogP contribution in [0.4, 0.5) is 4.79 Å². The monoisotopic (exact) mass is 480 g/mol. The van der Waals surface area contributed by atoms with Crippen molar-refractivity contribution in [2.45, 2.75) is 77.2 Å². The van der Waals surface area contributed by atoms with Crippen molar-refractivity contribution >= 4 is 6.09 Å². The Kier molecular flexibility index (Phi) is 10.6. The summed E-state index contributed by atoms with van der Waals surface area (Å²) >= 11 is 0. The Labute approximate surface area is 211 Å². The molecular formula is C29H44N4O2. The van der Waals surface area contributed by atoms with Crippen LogP contribution in [-0.4, -0.2) is 59.8 Å². The van der Waals surface area contributed by atoms with Crippen LogP contribution >= 0.6 is 0 Å². The minimum atomic E-state index is -0.432. The third kappa shape index (κ3) is 10.8. The lowest BCUT2D eigenvalue weighted by atomic mass is 10.0. The summed E-state index contributed by atoms with van der Waals surface area (Å²) in [5.41, 5.74) is 8.18. The highest BCUT2D eigenvalue weighted by molar-refractivity contribution is 5.68. The Bertz CT molecular complexity index is 853. The van der Waals surface area contributed by atoms with E-state index in [1.165, 1.54) is 11.1 Å². The molecule has 0 unspecified atom stereocenters. The van der Waals surface area contributed by atoms with E-state index in [4.69, 9.17) is 10.5 Å². The van der Waals surface area contributed by atoms with Gasteiger partial charge in [0.25, 0.3) is 0 Å². The Morgan fingerprint density at radius 1 is 0.829 bits per heavy atom. The molecule has 1 amide bonds. The van der Waals surface area contributed by atoms with Gasteiger partial charge in [0.05, 0.1) is 0 Å². The molecule has 2 aromatic rings. The molecule has 0 aromatic heterocycles. The average Bonchev–Trinajstić information content (AvgIpc) is 2.82. The maximum Gasteiger partial charge on any atom is 0.407 e. The van der Waals surface area contributed by atoms with Crippen molar-refractivity contribution in [3.63, 3.8) is 0 Å². The predicted molar refractivity (Wildman–Crippen MR) is 143 cm³/mol. The normalized spacial score (nSPS) is 18.4. The lowest BCUT2D eigenvalue weighted by Crippen LogP contribution is -2.45. The van der Waals surface area contributed by atoms with Gasteiger partial charge in [0, 0.05) is 38.3 Å². The van der Waals surface area contributed by atoms with Crippen molar-refractivity contribution < 1.29 is 9.53 Å². The number of nitrogens with zero attached hydrogens (tertiary/aromatic N) is 2. The zero-order valence-corrected chi connectivity index (χ0v) is 21.8. The van der Waals surface area contributed by atoms with Gasteiger partial charge in [0.15, 0.2) is 0 Å². The van der Waals surface area contributed by atoms with Crippen LogP contribution in [0.1, 0.15) is 57.6 Å². The highest BCUT2D eigenvalue weighted by Crippen LogP contribution is 2.15. The summed E-state index contributed by atoms with van der Waals surface area (Å²) < 4.78 is 5.30. The number of benzene rings is 2. The first-order chi connectivity index (χ1) is 16.8. The van der Waals surface area contributed by atoms with Crippen LogP contribution in [0, 0.1) is 0 Å². The molecule has 192 valence electrons. The quantitative estimate of drug-likeness (QED) is 0.644. The van der Waals surface area contributed by atoms with Gasteiger partial charge in [-0.3, -0.25) is 9.80 Å². The van der Waals surface area contributed by atoms with Gasteiger partial charge in [-0.1, -0.05) is 60.7 Å². The largest absolute Gasteiger partial charge is 0.444 e. The molecule has 0 radical (unpaired) electrons. The van der Waals surface area contributed by atoms with Crippen LogP contribution in [0.5, 0.6) is 0 Å². The van der Waals surface area contributed by atoms with Crippen LogP contribution in [-0.2, 0) is 17.8 Å². The highest BCUT2D eigenvalue weighted by atomic mass is 16.6. The summed E-state index contributed by atoms with van der Waals surface area (Å²) in [6.45, 7) is 12.0. The van der Waals surface area contributed by atoms with E-state index in [-0.39, 0.29) is 12.1 Å². The number of carbonyl (C=O) groups excluding carboxylic acids is 1. The van der Waals surface area contributed by atoms with E-state index in [1.54, 1.807) is 0 Å². The first-order valence-corrected chi connectivity index (χ1v) is 13.0. The summed E-state index contributed by atoms with van der Waals surface area (Å²) in [5, 5.41) is 2.97. The summed E-state index contributed by atoms with van der Waals surface area (Å²) in [6.07, 6.45) is 3.95. The third-order valence-corrected chi connectivity index (χ3v) is 6.44. The smallest absolute Gasteiger partial charge is 0.407 e. The van der Waals surface area contributed by atoms with E-state index in [2.05, 4.69) is 69.7 Å². The van der Waals surface area contributed by atoms with E-state index >= 15 is 0 Å². The number of hydrogen-bond acceptors (Lipinski definition) is 5. The number of carbonyl (C=O) groups is 1. The van der Waals surface area contributed by atoms with Gasteiger partial charge in [-0.15, -0.1) is 0 Å². The fraction of sp³-hybridized carbons (Fsp3) is 0.552. The number of ether oxygens (including phenoxy) is 1. The maximum absolute atomic E-state index is 11.8. The molecule has 2 aliphatic heterocycles. The molecule has 2 saturated heterocycles. The lowest BCUT2D eigenvalue weighted by Gasteiger charge is -2.32. The molecule has 0 saturated carbocycles. The molecule has 3 N–H and O–H groups in total. The molecule has 0 spiro atoms. The molecule has 2 aromatic carbocycles. The molecule has 35 heavy (non-hydrogen) atoms. The van der Waals surface area contributed by atoms with Gasteiger partial charge in [-0.25, -0.2) is 4.79 Å². The van der Waals surface area contributed by atoms with Crippen LogP contribution in [0.15, 0.2) is 60.7 Å². The first kappa shape index (κ1) is 27.2. The number of amides is 1. The van der Waals surface area contributed by atoms with Gasteiger partial charge >= 0.3 is 6.09 Å². The van der Waals surface area contributed by atoms with Crippen LogP contribution in [0.2, 0.25) is 0 Å². The van der Waals surface area contributed by atoms with Crippen molar-refractivity contribution in [3.05, 3.63) is 71.8 Å². The van der Waals surface area contributed by atoms with Gasteiger partial charge < -0.3 is 15.8 Å². The molecule has 2 fully saturated rings. The number of nitrogens with one attached hydrogen (secondary N) is 1. The molecule has 6 heteroatoms. The van der Waals surface area contributed by atoms with Crippen LogP contribution < -0.4 is 11.1 Å². The number of alkyl carbamates (subject to hydrolysis) is 1. The molecule has 0 bridgehead atoms. The van der Waals surface area contributed by atoms with Crippen molar-refractivity contribution in [2.24, 2.45) is 5.73 Å². The SMILES string of the molecule is CC(C)(C)OC(=O)NC1CCN(Cc2ccccc2)CC1.NC1CCN(Cc2ccccc2)CC1. The van der Waals surface area contributed by atoms with E-state index in [0.717, 1.165) is 65.0 Å². The minimum absolute atomic E-state index is 0.229. The topological polar surface area (TPSA) is 70.8 Å². The second-order valence-electron chi connectivity index (χ2n) is 10.8. The zero-order chi connectivity index (χ0) is 25.1. The number of likely N-dealkylation sites (tertiary alicyclic amines) is 2. The molecule has 4 rings (SSSR count). The van der Waals surface area contributed by atoms with Crippen molar-refractivity contribution in [1.29, 1.82) is 0 Å². The number of nitrogens with two attached hydrogens (primary N) is 1. The van der Waals surface area contributed by atoms with E-state index in [1.807, 2.05) is 26.8 Å². The van der Waals surface area contributed by atoms with Gasteiger partial charge in [-0.05, 0) is 70.7 Å². The zero-order valence-electron chi connectivity index (χ0n) is 21.8. The van der Waals surface area contributed by atoms with Crippen molar-refractivity contribution in [3.8, 4) is 0 Å². The van der Waals surface area contributed by atoms with Crippen LogP contribution in [0.3, 0.4) is 0 Å². The standard InChI is InChI=1S/C17H26N2O2.C12H18N2/c1-17(2,3)21-16(20)18-15-9-11-19(12-10-15)13-14-7-5-4-6-8-14;13-12-6-8-14(9-7-12)10-11-4-2-1-3-5-11/h4-8,15H,9-13H2,1-3H3,(H,18,20);1-5,12H,6-10,13H2. The maximum atomic E-state index is 11.8. The molecule has 6 nitrogen and oxygen atoms in total. The lowest BCUT2D eigenvalue weighted by molar-refractivity contribution is 0.0477. The van der Waals surface area contributed by atoms with Crippen molar-refractivity contribution in [2.75, 3.05) is 26.2 Å². The Hall–Kier alpha value is -2.41. The third-order valence-electron chi connectivity index (χ3n) is 6.44. The summed E-state index contributed by atoms with van der Waals surface area (Å²) in [6, 6.07) is 21.8. The van der Waals surface area contributed by atoms with E-state index < -0.39 is 5.60 Å². The average molecular weight is 481 g/mol.